The third-order valence-corrected chi connectivity index (χ3v) is 6.00. The number of aromatic amines is 1. The molecule has 24 heavy (non-hydrogen) atoms. The topological polar surface area (TPSA) is 69.2 Å². The fourth-order valence-corrected chi connectivity index (χ4v) is 4.72. The van der Waals surface area contributed by atoms with Gasteiger partial charge in [0.2, 0.25) is 0 Å². The van der Waals surface area contributed by atoms with Gasteiger partial charge in [-0.1, -0.05) is 34.5 Å². The Bertz CT molecular complexity index is 775. The van der Waals surface area contributed by atoms with Gasteiger partial charge in [-0.05, 0) is 30.9 Å². The minimum Gasteiger partial charge on any atom is -0.481 e. The first kappa shape index (κ1) is 15.8. The number of H-pyrrole nitrogens is 1. The monoisotopic (exact) mass is 389 g/mol. The van der Waals surface area contributed by atoms with Crippen molar-refractivity contribution < 1.29 is 9.90 Å². The number of carbonyl (C=O) groups is 1. The molecule has 0 unspecified atom stereocenters. The first-order valence-electron chi connectivity index (χ1n) is 8.32. The molecular weight excluding hydrogens is 370 g/mol. The van der Waals surface area contributed by atoms with Crippen molar-refractivity contribution >= 4 is 21.9 Å². The molecular formula is C18H20BrN3O2. The molecule has 1 aromatic carbocycles. The van der Waals surface area contributed by atoms with Crippen LogP contribution in [0.15, 0.2) is 34.9 Å². The highest BCUT2D eigenvalue weighted by atomic mass is 79.9. The molecule has 2 aromatic rings. The van der Waals surface area contributed by atoms with Crippen LogP contribution < -0.4 is 0 Å². The summed E-state index contributed by atoms with van der Waals surface area (Å²) in [6.45, 7) is 2.18. The van der Waals surface area contributed by atoms with E-state index in [4.69, 9.17) is 0 Å². The van der Waals surface area contributed by atoms with Gasteiger partial charge in [0.15, 0.2) is 0 Å². The lowest BCUT2D eigenvalue weighted by Crippen LogP contribution is -2.35. The Morgan fingerprint density at radius 1 is 1.50 bits per heavy atom. The molecule has 126 valence electrons. The molecule has 1 aliphatic carbocycles. The van der Waals surface area contributed by atoms with Gasteiger partial charge in [-0.25, -0.2) is 4.98 Å². The summed E-state index contributed by atoms with van der Waals surface area (Å²) in [6, 6.07) is 8.09. The maximum atomic E-state index is 11.8. The number of hydrogen-bond donors (Lipinski definition) is 2. The third kappa shape index (κ3) is 2.67. The summed E-state index contributed by atoms with van der Waals surface area (Å²) in [6.07, 6.45) is 4.73. The van der Waals surface area contributed by atoms with Gasteiger partial charge in [0, 0.05) is 23.1 Å². The number of halogens is 1. The van der Waals surface area contributed by atoms with E-state index >= 15 is 0 Å². The van der Waals surface area contributed by atoms with Crippen molar-refractivity contribution in [2.45, 2.75) is 25.8 Å². The zero-order valence-corrected chi connectivity index (χ0v) is 14.9. The van der Waals surface area contributed by atoms with Crippen LogP contribution in [-0.2, 0) is 11.3 Å². The Labute approximate surface area is 149 Å². The predicted molar refractivity (Wildman–Crippen MR) is 94.4 cm³/mol. The average molecular weight is 390 g/mol. The van der Waals surface area contributed by atoms with E-state index in [0.717, 1.165) is 47.4 Å². The van der Waals surface area contributed by atoms with Crippen molar-refractivity contribution in [1.82, 2.24) is 14.9 Å². The van der Waals surface area contributed by atoms with Crippen molar-refractivity contribution in [2.75, 3.05) is 13.1 Å². The van der Waals surface area contributed by atoms with Crippen molar-refractivity contribution in [2.24, 2.45) is 11.3 Å². The van der Waals surface area contributed by atoms with Gasteiger partial charge in [0.05, 0.1) is 23.9 Å². The van der Waals surface area contributed by atoms with Gasteiger partial charge in [-0.3, -0.25) is 9.69 Å². The van der Waals surface area contributed by atoms with E-state index in [-0.39, 0.29) is 5.92 Å². The SMILES string of the molecule is O=C(O)[C@@]12CCC[C@H]1CN(Cc1ncc(-c3cccc(Br)c3)[nH]1)C2. The lowest BCUT2D eigenvalue weighted by atomic mass is 9.81. The molecule has 2 fully saturated rings. The van der Waals surface area contributed by atoms with Gasteiger partial charge in [-0.15, -0.1) is 0 Å². The van der Waals surface area contributed by atoms with Crippen molar-refractivity contribution in [3.63, 3.8) is 0 Å². The van der Waals surface area contributed by atoms with E-state index in [9.17, 15) is 9.90 Å². The second-order valence-electron chi connectivity index (χ2n) is 6.97. The van der Waals surface area contributed by atoms with Crippen LogP contribution in [0.4, 0.5) is 0 Å². The molecule has 1 aromatic heterocycles. The van der Waals surface area contributed by atoms with Crippen LogP contribution in [0.25, 0.3) is 11.3 Å². The zero-order valence-electron chi connectivity index (χ0n) is 13.3. The van der Waals surface area contributed by atoms with Gasteiger partial charge < -0.3 is 10.1 Å². The Morgan fingerprint density at radius 2 is 2.38 bits per heavy atom. The number of fused-ring (bicyclic) bond motifs is 1. The summed E-state index contributed by atoms with van der Waals surface area (Å²) >= 11 is 3.49. The van der Waals surface area contributed by atoms with Gasteiger partial charge in [-0.2, -0.15) is 0 Å². The molecule has 1 saturated heterocycles. The van der Waals surface area contributed by atoms with Crippen molar-refractivity contribution in [1.29, 1.82) is 0 Å². The maximum Gasteiger partial charge on any atom is 0.311 e. The lowest BCUT2D eigenvalue weighted by Gasteiger charge is -2.23. The second-order valence-corrected chi connectivity index (χ2v) is 7.89. The van der Waals surface area contributed by atoms with E-state index in [1.54, 1.807) is 0 Å². The smallest absolute Gasteiger partial charge is 0.311 e. The average Bonchev–Trinajstić information content (AvgIpc) is 3.21. The quantitative estimate of drug-likeness (QED) is 0.838. The summed E-state index contributed by atoms with van der Waals surface area (Å²) in [5, 5.41) is 9.68. The normalized spacial score (nSPS) is 26.6. The number of imidazole rings is 1. The molecule has 0 radical (unpaired) electrons. The molecule has 0 amide bonds. The summed E-state index contributed by atoms with van der Waals surface area (Å²) in [5.74, 6) is 0.557. The minimum atomic E-state index is -0.623. The summed E-state index contributed by atoms with van der Waals surface area (Å²) in [4.78, 5) is 21.9. The molecule has 6 heteroatoms. The number of carboxylic acid groups (broad SMARTS) is 1. The maximum absolute atomic E-state index is 11.8. The van der Waals surface area contributed by atoms with Gasteiger partial charge in [0.25, 0.3) is 0 Å². The number of carboxylic acids is 1. The van der Waals surface area contributed by atoms with Gasteiger partial charge >= 0.3 is 5.97 Å². The molecule has 5 nitrogen and oxygen atoms in total. The van der Waals surface area contributed by atoms with Gasteiger partial charge in [0.1, 0.15) is 5.82 Å². The lowest BCUT2D eigenvalue weighted by molar-refractivity contribution is -0.149. The number of aliphatic carboxylic acids is 1. The zero-order chi connectivity index (χ0) is 16.7. The van der Waals surface area contributed by atoms with E-state index in [2.05, 4.69) is 36.9 Å². The standard InChI is InChI=1S/C18H20BrN3O2/c19-14-5-1-3-12(7-14)15-8-20-16(21-15)10-22-9-13-4-2-6-18(13,11-22)17(23)24/h1,3,5,7-8,13H,2,4,6,9-11H2,(H,20,21)(H,23,24)/t13-,18+/m0/s1. The molecule has 4 rings (SSSR count). The number of likely N-dealkylation sites (tertiary alicyclic amines) is 1. The Morgan fingerprint density at radius 3 is 3.12 bits per heavy atom. The molecule has 1 aliphatic heterocycles. The Balaban J connectivity index is 1.48. The van der Waals surface area contributed by atoms with E-state index in [1.807, 2.05) is 24.4 Å². The van der Waals surface area contributed by atoms with Crippen LogP contribution in [0, 0.1) is 11.3 Å². The molecule has 1 saturated carbocycles. The van der Waals surface area contributed by atoms with Crippen molar-refractivity contribution in [3.05, 3.63) is 40.8 Å². The largest absolute Gasteiger partial charge is 0.481 e. The Kier molecular flexibility index (Phi) is 3.96. The Hall–Kier alpha value is -1.66. The highest BCUT2D eigenvalue weighted by molar-refractivity contribution is 9.10. The molecule has 2 N–H and O–H groups in total. The first-order valence-corrected chi connectivity index (χ1v) is 9.12. The molecule has 0 spiro atoms. The number of aromatic nitrogens is 2. The van der Waals surface area contributed by atoms with E-state index in [1.165, 1.54) is 0 Å². The molecule has 2 heterocycles. The van der Waals surface area contributed by atoms with E-state index in [0.29, 0.717) is 13.1 Å². The minimum absolute atomic E-state index is 0.287. The van der Waals surface area contributed by atoms with Crippen LogP contribution in [0.5, 0.6) is 0 Å². The van der Waals surface area contributed by atoms with Crippen LogP contribution in [0.1, 0.15) is 25.1 Å². The number of nitrogens with zero attached hydrogens (tertiary/aromatic N) is 2. The molecule has 0 bridgehead atoms. The fourth-order valence-electron chi connectivity index (χ4n) is 4.32. The summed E-state index contributed by atoms with van der Waals surface area (Å²) in [5.41, 5.74) is 1.54. The van der Waals surface area contributed by atoms with Crippen LogP contribution in [0.2, 0.25) is 0 Å². The van der Waals surface area contributed by atoms with Crippen LogP contribution >= 0.6 is 15.9 Å². The highest BCUT2D eigenvalue weighted by Crippen LogP contribution is 2.49. The highest BCUT2D eigenvalue weighted by Gasteiger charge is 2.54. The molecule has 2 aliphatic rings. The summed E-state index contributed by atoms with van der Waals surface area (Å²) in [7, 11) is 0. The number of hydrogen-bond acceptors (Lipinski definition) is 3. The van der Waals surface area contributed by atoms with Crippen molar-refractivity contribution in [3.8, 4) is 11.3 Å². The van der Waals surface area contributed by atoms with Crippen LogP contribution in [-0.4, -0.2) is 39.0 Å². The van der Waals surface area contributed by atoms with E-state index < -0.39 is 11.4 Å². The number of nitrogens with one attached hydrogen (secondary N) is 1. The predicted octanol–water partition coefficient (Wildman–Crippen LogP) is 3.53. The summed E-state index contributed by atoms with van der Waals surface area (Å²) < 4.78 is 1.03. The number of rotatable bonds is 4. The second kappa shape index (κ2) is 6.01. The first-order chi connectivity index (χ1) is 11.6. The fraction of sp³-hybridized carbons (Fsp3) is 0.444. The van der Waals surface area contributed by atoms with Crippen LogP contribution in [0.3, 0.4) is 0 Å². The third-order valence-electron chi connectivity index (χ3n) is 5.50. The molecule has 2 atom stereocenters. The number of benzene rings is 1.